The molecule has 0 aromatic carbocycles. The summed E-state index contributed by atoms with van der Waals surface area (Å²) in [6.45, 7) is 0. The molecule has 28 valence electrons. The molecule has 0 unspecified atom stereocenters. The van der Waals surface area contributed by atoms with Crippen molar-refractivity contribution >= 4 is 16.8 Å². The standard InChI is InChI=1S/2B.10Bh.2K/q2*-1;;;;;;;;;;;2*+1. The van der Waals surface area contributed by atoms with E-state index in [1.165, 1.54) is 0 Å². The fourth-order valence-corrected chi connectivity index (χ4v) is 0. The summed E-state index contributed by atoms with van der Waals surface area (Å²) in [5, 5.41) is 0. The van der Waals surface area contributed by atoms with Crippen LogP contribution in [0.25, 0.3) is 0 Å². The van der Waals surface area contributed by atoms with Crippen LogP contribution in [0, 0.1) is 0 Å². The van der Waals surface area contributed by atoms with E-state index in [-0.39, 0.29) is 120 Å². The molecule has 0 amide bonds. The van der Waals surface area contributed by atoms with Crippen LogP contribution in [0.1, 0.15) is 0 Å². The first kappa shape index (κ1) is 6.97. The molecule has 14 heavy (non-hydrogen) atoms. The zero-order valence-corrected chi connectivity index (χ0v) is 81.5. The maximum atomic E-state index is 0. The normalized spacial score (nSPS) is 0. The predicted octanol–water partition coefficient (Wildman–Crippen LogP) is -6.75. The van der Waals surface area contributed by atoms with Gasteiger partial charge in [0.1, 0.15) is 0 Å². The fraction of sp³-hybridized carbons (Fsp3) is 0. The zero-order chi connectivity index (χ0) is 0. The van der Waals surface area contributed by atoms with Gasteiger partial charge in [0.15, 0.2) is 0 Å². The molecule has 0 saturated carbocycles. The van der Waals surface area contributed by atoms with Gasteiger partial charge < -0.3 is 16.8 Å². The monoisotopic (exact) mass is 2800 g/mol. The van der Waals surface area contributed by atoms with Crippen LogP contribution < -0.4 is 103 Å². The molecule has 0 aliphatic heterocycles. The van der Waals surface area contributed by atoms with Crippen molar-refractivity contribution in [2.75, 3.05) is 0 Å². The van der Waals surface area contributed by atoms with Crippen LogP contribution in [0.15, 0.2) is 0 Å². The second-order valence-corrected chi connectivity index (χ2v) is 0. The second kappa shape index (κ2) is 4.29. The van der Waals surface area contributed by atoms with Crippen LogP contribution in [0.2, 0.25) is 0 Å². The van der Waals surface area contributed by atoms with Crippen LogP contribution in [-0.2, 0) is 0 Å². The third kappa shape index (κ3) is 2.41. The fourth-order valence-electron chi connectivity index (χ4n) is 0. The summed E-state index contributed by atoms with van der Waals surface area (Å²) in [7, 11) is 0. The van der Waals surface area contributed by atoms with Crippen LogP contribution in [-0.4, -0.2) is 16.8 Å². The van der Waals surface area contributed by atoms with Gasteiger partial charge in [-0.15, -0.1) is 0 Å². The van der Waals surface area contributed by atoms with Crippen molar-refractivity contribution < 1.29 is 103 Å². The molecule has 0 aliphatic carbocycles. The van der Waals surface area contributed by atoms with E-state index in [4.69, 9.17) is 0 Å². The Hall–Kier alpha value is -6.60. The topological polar surface area (TPSA) is 0 Å². The van der Waals surface area contributed by atoms with Crippen molar-refractivity contribution in [1.29, 1.82) is 0 Å². The summed E-state index contributed by atoms with van der Waals surface area (Å²) in [6, 6.07) is 0. The van der Waals surface area contributed by atoms with Crippen LogP contribution >= 0.6 is 0 Å². The van der Waals surface area contributed by atoms with E-state index in [1.54, 1.807) is 0 Å². The molecule has 0 spiro atoms. The quantitative estimate of drug-likeness (QED) is 0.212. The van der Waals surface area contributed by atoms with Gasteiger partial charge in [-0.05, 0) is 0 Å². The molecule has 0 N–H and O–H groups in total. The molecule has 0 heterocycles. The van der Waals surface area contributed by atoms with Crippen LogP contribution in [0.5, 0.6) is 0 Å². The summed E-state index contributed by atoms with van der Waals surface area (Å²) in [4.78, 5) is 0. The van der Waals surface area contributed by atoms with Crippen molar-refractivity contribution in [3.63, 3.8) is 0 Å². The number of hydrogen-bond donors (Lipinski definition) is 0. The summed E-state index contributed by atoms with van der Waals surface area (Å²) >= 11 is 0. The van der Waals surface area contributed by atoms with Crippen molar-refractivity contribution in [2.45, 2.75) is 0 Å². The summed E-state index contributed by atoms with van der Waals surface area (Å²) in [5.74, 6) is 0. The Morgan fingerprint density at radius 1 is 0.214 bits per heavy atom. The third-order valence-electron chi connectivity index (χ3n) is 0. The van der Waals surface area contributed by atoms with Gasteiger partial charge >= 0.3 is 103 Å². The van der Waals surface area contributed by atoms with Gasteiger partial charge in [0.2, 0.25) is 0 Å². The maximum absolute atomic E-state index is 0. The maximum Gasteiger partial charge on any atom is 1.00 e. The first-order chi connectivity index (χ1) is 0. The van der Waals surface area contributed by atoms with E-state index < -0.39 is 0 Å². The minimum atomic E-state index is 0. The van der Waals surface area contributed by atoms with Gasteiger partial charge in [-0.1, -0.05) is 0 Å². The zero-order valence-electron chi connectivity index (χ0n) is 10.2. The molecule has 14 heteroatoms. The molecule has 0 fully saturated rings. The Morgan fingerprint density at radius 3 is 0.214 bits per heavy atom. The smallest absolute Gasteiger partial charge is 1.00 e. The molecular formula is B2Bh10K2. The first-order valence-corrected chi connectivity index (χ1v) is 0. The second-order valence-electron chi connectivity index (χ2n) is 0. The summed E-state index contributed by atoms with van der Waals surface area (Å²) < 4.78 is 0. The molecular weight excluding hydrogens is 2800 g/mol. The molecule has 0 rings (SSSR count). The molecule has 0 bridgehead atoms. The third-order valence-corrected chi connectivity index (χ3v) is 0. The van der Waals surface area contributed by atoms with Crippen LogP contribution in [0.4, 0.5) is 0 Å². The molecule has 0 aromatic heterocycles. The van der Waals surface area contributed by atoms with Crippen molar-refractivity contribution in [2.24, 2.45) is 0 Å². The minimum absolute atomic E-state index is 0. The SMILES string of the molecule is [B-].[B-].[Bh].[Bh].[Bh].[Bh].[Bh].[Bh].[Bh].[Bh].[Bh].[Bh].[K+].[K+]. The Morgan fingerprint density at radius 2 is 0.214 bits per heavy atom. The van der Waals surface area contributed by atoms with Gasteiger partial charge in [-0.2, -0.15) is 0 Å². The molecule has 0 aliphatic rings. The molecule has 0 saturated heterocycles. The van der Waals surface area contributed by atoms with Gasteiger partial charge in [0.25, 0.3) is 0 Å². The summed E-state index contributed by atoms with van der Waals surface area (Å²) in [5.41, 5.74) is 0. The number of hydrogen-bond acceptors (Lipinski definition) is 0. The summed E-state index contributed by atoms with van der Waals surface area (Å²) in [6.07, 6.45) is 0. The van der Waals surface area contributed by atoms with Crippen molar-refractivity contribution in [1.82, 2.24) is 0 Å². The average molecular weight is 2800 g/mol. The van der Waals surface area contributed by atoms with E-state index in [1.807, 2.05) is 0 Å². The average Bonchev–Trinajstić information content (AvgIpc) is 0. The van der Waals surface area contributed by atoms with Gasteiger partial charge in [-0.25, -0.2) is 0 Å². The molecule has 0 atom stereocenters. The Kier molecular flexibility index (Phi) is 2.14. The van der Waals surface area contributed by atoms with Gasteiger partial charge in [0, 0.05) is 0 Å². The van der Waals surface area contributed by atoms with E-state index >= 15 is 0 Å². The van der Waals surface area contributed by atoms with E-state index in [2.05, 4.69) is 0 Å². The Balaban J connectivity index is 0. The predicted molar refractivity (Wildman–Crippen MR) is 11.5 cm³/mol. The van der Waals surface area contributed by atoms with Crippen molar-refractivity contribution in [3.05, 3.63) is 0 Å². The first-order valence-electron chi connectivity index (χ1n) is 0. The van der Waals surface area contributed by atoms with Gasteiger partial charge in [0.05, 0.1) is 0 Å². The number of rotatable bonds is 0. The molecule has 0 nitrogen and oxygen atoms in total. The molecule has 0 aromatic rings. The minimum Gasteiger partial charge on any atom is -1.00 e. The van der Waals surface area contributed by atoms with E-state index in [0.29, 0.717) is 0 Å². The van der Waals surface area contributed by atoms with E-state index in [9.17, 15) is 0 Å². The Labute approximate surface area is 116 Å². The van der Waals surface area contributed by atoms with Crippen LogP contribution in [0.3, 0.4) is 0 Å². The van der Waals surface area contributed by atoms with Crippen molar-refractivity contribution in [3.8, 4) is 0 Å². The Bertz CT molecular complexity index is 16.1. The molecule has 8 radical (unpaired) electrons. The van der Waals surface area contributed by atoms with Gasteiger partial charge in [-0.3, -0.25) is 0 Å². The largest absolute Gasteiger partial charge is 1.00 e. The van der Waals surface area contributed by atoms with E-state index in [0.717, 1.165) is 0 Å².